The summed E-state index contributed by atoms with van der Waals surface area (Å²) >= 11 is 7.29. The number of hydrogen-bond donors (Lipinski definition) is 0. The van der Waals surface area contributed by atoms with Crippen LogP contribution in [0.2, 0.25) is 0 Å². The van der Waals surface area contributed by atoms with E-state index in [4.69, 9.17) is 17.5 Å². The lowest BCUT2D eigenvalue weighted by Crippen LogP contribution is -2.55. The number of amides is 1. The Balaban J connectivity index is 1.83. The molecule has 2 heterocycles. The fourth-order valence-corrected chi connectivity index (χ4v) is 4.52. The van der Waals surface area contributed by atoms with Gasteiger partial charge in [0.25, 0.3) is 5.91 Å². The molecule has 1 aromatic heterocycles. The number of carbonyl (C=O) groups is 1. The molecule has 1 spiro atoms. The lowest BCUT2D eigenvalue weighted by atomic mass is 9.75. The molecular formula is C19H11F4IN4OS. The van der Waals surface area contributed by atoms with Crippen molar-refractivity contribution >= 4 is 57.2 Å². The van der Waals surface area contributed by atoms with Gasteiger partial charge in [-0.1, -0.05) is 0 Å². The summed E-state index contributed by atoms with van der Waals surface area (Å²) in [4.78, 5) is 19.4. The first-order valence-corrected chi connectivity index (χ1v) is 10.2. The van der Waals surface area contributed by atoms with E-state index >= 15 is 0 Å². The van der Waals surface area contributed by atoms with Crippen molar-refractivity contribution in [3.8, 4) is 6.07 Å². The quantitative estimate of drug-likeness (QED) is 0.309. The monoisotopic (exact) mass is 546 g/mol. The third-order valence-corrected chi connectivity index (χ3v) is 6.54. The van der Waals surface area contributed by atoms with Crippen LogP contribution in [0.1, 0.15) is 30.5 Å². The maximum absolute atomic E-state index is 14.2. The van der Waals surface area contributed by atoms with Crippen LogP contribution >= 0.6 is 34.8 Å². The Morgan fingerprint density at radius 1 is 1.23 bits per heavy atom. The number of anilines is 2. The number of halogens is 5. The fraction of sp³-hybridized carbons (Fsp3) is 0.263. The number of carbonyl (C=O) groups excluding carboxylic acids is 1. The fourth-order valence-electron chi connectivity index (χ4n) is 3.71. The minimum atomic E-state index is -4.83. The average molecular weight is 546 g/mol. The molecule has 0 radical (unpaired) electrons. The minimum Gasteiger partial charge on any atom is -0.303 e. The molecule has 0 atom stereocenters. The van der Waals surface area contributed by atoms with Crippen LogP contribution in [0.25, 0.3) is 0 Å². The highest BCUT2D eigenvalue weighted by Crippen LogP contribution is 2.48. The molecule has 5 nitrogen and oxygen atoms in total. The van der Waals surface area contributed by atoms with Crippen LogP contribution in [0.4, 0.5) is 28.9 Å². The van der Waals surface area contributed by atoms with E-state index < -0.39 is 34.7 Å². The molecule has 11 heteroatoms. The van der Waals surface area contributed by atoms with Gasteiger partial charge in [-0.05, 0) is 78.3 Å². The van der Waals surface area contributed by atoms with Crippen molar-refractivity contribution in [2.75, 3.05) is 9.80 Å². The molecule has 0 unspecified atom stereocenters. The largest absolute Gasteiger partial charge is 0.419 e. The predicted octanol–water partition coefficient (Wildman–Crippen LogP) is 4.78. The molecule has 2 aromatic rings. The normalized spacial score (nSPS) is 18.0. The van der Waals surface area contributed by atoms with E-state index in [2.05, 4.69) is 4.98 Å². The maximum atomic E-state index is 14.2. The van der Waals surface area contributed by atoms with Crippen LogP contribution in [0, 0.1) is 20.7 Å². The molecule has 1 aliphatic heterocycles. The van der Waals surface area contributed by atoms with E-state index in [1.165, 1.54) is 17.0 Å². The SMILES string of the molecule is N#Cc1ncc(N2C(=O)C3(CCC3)N(c3ccc(I)c(F)c3)C2=S)cc1C(F)(F)F. The van der Waals surface area contributed by atoms with Gasteiger partial charge in [0.2, 0.25) is 0 Å². The van der Waals surface area contributed by atoms with Crippen molar-refractivity contribution in [3.63, 3.8) is 0 Å². The number of alkyl halides is 3. The Morgan fingerprint density at radius 2 is 1.93 bits per heavy atom. The molecule has 2 fully saturated rings. The molecule has 1 amide bonds. The van der Waals surface area contributed by atoms with Crippen molar-refractivity contribution < 1.29 is 22.4 Å². The van der Waals surface area contributed by atoms with Gasteiger partial charge in [0.05, 0.1) is 17.4 Å². The highest BCUT2D eigenvalue weighted by molar-refractivity contribution is 14.1. The van der Waals surface area contributed by atoms with Crippen molar-refractivity contribution in [2.24, 2.45) is 0 Å². The van der Waals surface area contributed by atoms with Gasteiger partial charge in [-0.25, -0.2) is 9.37 Å². The second kappa shape index (κ2) is 7.12. The highest BCUT2D eigenvalue weighted by Gasteiger charge is 2.59. The molecule has 30 heavy (non-hydrogen) atoms. The van der Waals surface area contributed by atoms with Gasteiger partial charge < -0.3 is 4.90 Å². The summed E-state index contributed by atoms with van der Waals surface area (Å²) in [6.07, 6.45) is -2.21. The molecule has 1 saturated heterocycles. The van der Waals surface area contributed by atoms with Crippen molar-refractivity contribution in [3.05, 3.63) is 51.1 Å². The second-order valence-corrected chi connectivity index (χ2v) is 8.47. The average Bonchev–Trinajstić information content (AvgIpc) is 2.90. The topological polar surface area (TPSA) is 60.2 Å². The van der Waals surface area contributed by atoms with Crippen molar-refractivity contribution in [1.29, 1.82) is 5.26 Å². The molecule has 1 aliphatic carbocycles. The summed E-state index contributed by atoms with van der Waals surface area (Å²) in [5.41, 5.74) is -2.94. The Bertz CT molecular complexity index is 1130. The lowest BCUT2D eigenvalue weighted by molar-refractivity contribution is -0.138. The number of rotatable bonds is 2. The van der Waals surface area contributed by atoms with Crippen LogP contribution in [0.5, 0.6) is 0 Å². The summed E-state index contributed by atoms with van der Waals surface area (Å²) < 4.78 is 54.7. The highest BCUT2D eigenvalue weighted by atomic mass is 127. The van der Waals surface area contributed by atoms with Gasteiger partial charge in [-0.2, -0.15) is 18.4 Å². The van der Waals surface area contributed by atoms with E-state index in [9.17, 15) is 22.4 Å². The summed E-state index contributed by atoms with van der Waals surface area (Å²) in [6, 6.07) is 6.51. The van der Waals surface area contributed by atoms with Gasteiger partial charge in [0, 0.05) is 9.26 Å². The van der Waals surface area contributed by atoms with Crippen LogP contribution in [0.3, 0.4) is 0 Å². The molecule has 154 valence electrons. The number of nitriles is 1. The number of thiocarbonyl (C=S) groups is 1. The molecule has 4 rings (SSSR count). The third-order valence-electron chi connectivity index (χ3n) is 5.30. The minimum absolute atomic E-state index is 0.0556. The van der Waals surface area contributed by atoms with Gasteiger partial charge in [0.15, 0.2) is 10.8 Å². The molecule has 2 aliphatic rings. The van der Waals surface area contributed by atoms with E-state index in [0.717, 1.165) is 17.5 Å². The third kappa shape index (κ3) is 3.04. The summed E-state index contributed by atoms with van der Waals surface area (Å²) in [5.74, 6) is -0.979. The van der Waals surface area contributed by atoms with Crippen LogP contribution in [0.15, 0.2) is 30.5 Å². The Labute approximate surface area is 187 Å². The zero-order valence-electron chi connectivity index (χ0n) is 15.0. The number of benzene rings is 1. The van der Waals surface area contributed by atoms with E-state index in [1.54, 1.807) is 12.1 Å². The molecule has 0 bridgehead atoms. The van der Waals surface area contributed by atoms with E-state index in [0.29, 0.717) is 28.2 Å². The lowest BCUT2D eigenvalue weighted by Gasteiger charge is -2.43. The Hall–Kier alpha value is -2.33. The van der Waals surface area contributed by atoms with E-state index in [-0.39, 0.29) is 10.8 Å². The Morgan fingerprint density at radius 3 is 2.47 bits per heavy atom. The van der Waals surface area contributed by atoms with Gasteiger partial charge >= 0.3 is 6.18 Å². The standard InChI is InChI=1S/C19H11F4IN4OS/c20-13-7-10(2-3-14(13)24)28-17(30)27(16(29)18(28)4-1-5-18)11-6-12(19(21,22)23)15(8-25)26-9-11/h2-3,6-7,9H,1,4-5H2. The summed E-state index contributed by atoms with van der Waals surface area (Å²) in [7, 11) is 0. The first-order valence-electron chi connectivity index (χ1n) is 8.71. The number of nitrogens with zero attached hydrogens (tertiary/aromatic N) is 4. The number of aromatic nitrogens is 1. The molecular weight excluding hydrogens is 535 g/mol. The zero-order chi connectivity index (χ0) is 21.8. The molecule has 0 N–H and O–H groups in total. The Kier molecular flexibility index (Phi) is 4.97. The maximum Gasteiger partial charge on any atom is 0.419 e. The molecule has 1 aromatic carbocycles. The zero-order valence-corrected chi connectivity index (χ0v) is 18.0. The van der Waals surface area contributed by atoms with Crippen molar-refractivity contribution in [1.82, 2.24) is 4.98 Å². The first-order chi connectivity index (χ1) is 14.1. The van der Waals surface area contributed by atoms with Crippen LogP contribution in [-0.2, 0) is 11.0 Å². The number of pyridine rings is 1. The summed E-state index contributed by atoms with van der Waals surface area (Å²) in [6.45, 7) is 0. The smallest absolute Gasteiger partial charge is 0.303 e. The number of hydrogen-bond acceptors (Lipinski definition) is 4. The van der Waals surface area contributed by atoms with Crippen LogP contribution in [-0.4, -0.2) is 21.5 Å². The van der Waals surface area contributed by atoms with E-state index in [1.807, 2.05) is 22.6 Å². The van der Waals surface area contributed by atoms with Crippen LogP contribution < -0.4 is 9.80 Å². The first kappa shape index (κ1) is 20.9. The molecule has 1 saturated carbocycles. The van der Waals surface area contributed by atoms with Crippen molar-refractivity contribution in [2.45, 2.75) is 31.0 Å². The van der Waals surface area contributed by atoms with Gasteiger partial charge in [0.1, 0.15) is 17.4 Å². The predicted molar refractivity (Wildman–Crippen MR) is 112 cm³/mol. The van der Waals surface area contributed by atoms with Gasteiger partial charge in [-0.15, -0.1) is 0 Å². The van der Waals surface area contributed by atoms with Gasteiger partial charge in [-0.3, -0.25) is 9.69 Å². The second-order valence-electron chi connectivity index (χ2n) is 6.94. The summed E-state index contributed by atoms with van der Waals surface area (Å²) in [5, 5.41) is 8.89.